The first kappa shape index (κ1) is 26.1. The van der Waals surface area contributed by atoms with Crippen LogP contribution in [-0.2, 0) is 11.3 Å². The number of piperazine rings is 1. The highest BCUT2D eigenvalue weighted by Gasteiger charge is 2.35. The van der Waals surface area contributed by atoms with Crippen molar-refractivity contribution in [2.45, 2.75) is 44.7 Å². The lowest BCUT2D eigenvalue weighted by molar-refractivity contribution is -0.133. The zero-order valence-corrected chi connectivity index (χ0v) is 22.3. The molecule has 1 amide bonds. The molecule has 2 atom stereocenters. The summed E-state index contributed by atoms with van der Waals surface area (Å²) < 4.78 is 0. The number of hydrogen-bond acceptors (Lipinski definition) is 5. The van der Waals surface area contributed by atoms with Crippen molar-refractivity contribution in [3.05, 3.63) is 72.1 Å². The summed E-state index contributed by atoms with van der Waals surface area (Å²) in [6.07, 6.45) is 13.8. The van der Waals surface area contributed by atoms with Gasteiger partial charge >= 0.3 is 0 Å². The number of benzene rings is 1. The van der Waals surface area contributed by atoms with E-state index in [0.717, 1.165) is 58.8 Å². The molecule has 0 radical (unpaired) electrons. The van der Waals surface area contributed by atoms with Crippen LogP contribution in [0.15, 0.2) is 60.9 Å². The summed E-state index contributed by atoms with van der Waals surface area (Å²) in [4.78, 5) is 27.4. The van der Waals surface area contributed by atoms with E-state index in [4.69, 9.17) is 0 Å². The van der Waals surface area contributed by atoms with Crippen molar-refractivity contribution in [2.24, 2.45) is 5.92 Å². The van der Waals surface area contributed by atoms with Gasteiger partial charge in [0.1, 0.15) is 0 Å². The second kappa shape index (κ2) is 13.3. The Morgan fingerprint density at radius 3 is 2.49 bits per heavy atom. The average Bonchev–Trinajstić information content (AvgIpc) is 3.48. The SMILES string of the molecule is O=C(CC[C@H]1CN(Cc2cccnc2)CC[C@H]1N1CCCC1)N1CCN(C/C=C/c2ccccc2)CC1. The topological polar surface area (TPSA) is 42.9 Å². The lowest BCUT2D eigenvalue weighted by Crippen LogP contribution is -2.51. The molecular weight excluding hydrogens is 458 g/mol. The Labute approximate surface area is 223 Å². The van der Waals surface area contributed by atoms with E-state index in [2.05, 4.69) is 67.1 Å². The lowest BCUT2D eigenvalue weighted by atomic mass is 9.86. The predicted octanol–water partition coefficient (Wildman–Crippen LogP) is 4.01. The summed E-state index contributed by atoms with van der Waals surface area (Å²) >= 11 is 0. The standard InChI is InChI=1S/C31H43N5O/c37-31(36-22-20-33(21-23-36)16-7-11-27-8-2-1-3-9-27)13-12-29-26-34(25-28-10-6-15-32-24-28)19-14-30(29)35-17-4-5-18-35/h1-3,6-11,15,24,29-30H,4-5,12-14,16-23,25-26H2/b11-7+/t29-,30+/m0/s1. The summed E-state index contributed by atoms with van der Waals surface area (Å²) in [5.41, 5.74) is 2.53. The van der Waals surface area contributed by atoms with Crippen LogP contribution in [0, 0.1) is 5.92 Å². The molecule has 1 aromatic carbocycles. The molecule has 6 nitrogen and oxygen atoms in total. The molecule has 3 aliphatic heterocycles. The van der Waals surface area contributed by atoms with Gasteiger partial charge in [-0.3, -0.25) is 19.6 Å². The van der Waals surface area contributed by atoms with E-state index in [1.54, 1.807) is 0 Å². The highest BCUT2D eigenvalue weighted by Crippen LogP contribution is 2.30. The van der Waals surface area contributed by atoms with Gasteiger partial charge in [0.2, 0.25) is 5.91 Å². The van der Waals surface area contributed by atoms with E-state index in [-0.39, 0.29) is 0 Å². The summed E-state index contributed by atoms with van der Waals surface area (Å²) in [7, 11) is 0. The van der Waals surface area contributed by atoms with E-state index in [9.17, 15) is 4.79 Å². The second-order valence-electron chi connectivity index (χ2n) is 11.0. The van der Waals surface area contributed by atoms with Gasteiger partial charge in [-0.2, -0.15) is 0 Å². The first-order chi connectivity index (χ1) is 18.2. The summed E-state index contributed by atoms with van der Waals surface area (Å²) in [5, 5.41) is 0. The Kier molecular flexibility index (Phi) is 9.38. The molecule has 3 aliphatic rings. The number of hydrogen-bond donors (Lipinski definition) is 0. The number of likely N-dealkylation sites (tertiary alicyclic amines) is 2. The Balaban J connectivity index is 1.09. The van der Waals surface area contributed by atoms with Crippen LogP contribution in [0.2, 0.25) is 0 Å². The normalized spacial score (nSPS) is 24.2. The van der Waals surface area contributed by atoms with Gasteiger partial charge in [-0.25, -0.2) is 0 Å². The molecule has 0 unspecified atom stereocenters. The fourth-order valence-corrected chi connectivity index (χ4v) is 6.38. The van der Waals surface area contributed by atoms with Crippen molar-refractivity contribution in [1.82, 2.24) is 24.6 Å². The number of aromatic nitrogens is 1. The van der Waals surface area contributed by atoms with E-state index in [1.807, 2.05) is 24.5 Å². The van der Waals surface area contributed by atoms with Crippen LogP contribution in [0.25, 0.3) is 6.08 Å². The van der Waals surface area contributed by atoms with E-state index in [0.29, 0.717) is 24.3 Å². The third-order valence-electron chi connectivity index (χ3n) is 8.44. The number of rotatable bonds is 9. The minimum Gasteiger partial charge on any atom is -0.340 e. The predicted molar refractivity (Wildman–Crippen MR) is 150 cm³/mol. The van der Waals surface area contributed by atoms with Crippen molar-refractivity contribution in [2.75, 3.05) is 58.9 Å². The van der Waals surface area contributed by atoms with Gasteiger partial charge in [0.15, 0.2) is 0 Å². The van der Waals surface area contributed by atoms with Gasteiger partial charge < -0.3 is 9.80 Å². The third kappa shape index (κ3) is 7.50. The van der Waals surface area contributed by atoms with Crippen molar-refractivity contribution >= 4 is 12.0 Å². The van der Waals surface area contributed by atoms with Crippen LogP contribution in [-0.4, -0.2) is 95.4 Å². The third-order valence-corrected chi connectivity index (χ3v) is 8.44. The van der Waals surface area contributed by atoms with Gasteiger partial charge in [0.25, 0.3) is 0 Å². The van der Waals surface area contributed by atoms with E-state index >= 15 is 0 Å². The van der Waals surface area contributed by atoms with Crippen molar-refractivity contribution in [3.8, 4) is 0 Å². The van der Waals surface area contributed by atoms with Gasteiger partial charge in [0, 0.05) is 70.7 Å². The minimum atomic E-state index is 0.351. The van der Waals surface area contributed by atoms with Crippen LogP contribution in [0.1, 0.15) is 43.2 Å². The largest absolute Gasteiger partial charge is 0.340 e. The quantitative estimate of drug-likeness (QED) is 0.520. The van der Waals surface area contributed by atoms with Gasteiger partial charge in [-0.05, 0) is 68.4 Å². The van der Waals surface area contributed by atoms with Gasteiger partial charge in [-0.1, -0.05) is 48.6 Å². The summed E-state index contributed by atoms with van der Waals surface area (Å²) in [6.45, 7) is 10.2. The van der Waals surface area contributed by atoms with E-state index in [1.165, 1.54) is 43.5 Å². The van der Waals surface area contributed by atoms with Gasteiger partial charge in [-0.15, -0.1) is 0 Å². The molecule has 0 N–H and O–H groups in total. The first-order valence-electron chi connectivity index (χ1n) is 14.3. The Morgan fingerprint density at radius 2 is 1.73 bits per heavy atom. The number of amides is 1. The first-order valence-corrected chi connectivity index (χ1v) is 14.3. The Morgan fingerprint density at radius 1 is 0.919 bits per heavy atom. The molecule has 0 aliphatic carbocycles. The summed E-state index contributed by atoms with van der Waals surface area (Å²) in [6, 6.07) is 15.3. The lowest BCUT2D eigenvalue weighted by Gasteiger charge is -2.43. The molecule has 37 heavy (non-hydrogen) atoms. The van der Waals surface area contributed by atoms with Crippen molar-refractivity contribution in [3.63, 3.8) is 0 Å². The fourth-order valence-electron chi connectivity index (χ4n) is 6.38. The Hall–Kier alpha value is -2.54. The van der Waals surface area contributed by atoms with E-state index < -0.39 is 0 Å². The van der Waals surface area contributed by atoms with Crippen LogP contribution >= 0.6 is 0 Å². The molecule has 3 fully saturated rings. The molecule has 3 saturated heterocycles. The molecule has 1 aromatic heterocycles. The molecule has 0 bridgehead atoms. The molecular formula is C31H43N5O. The average molecular weight is 502 g/mol. The van der Waals surface area contributed by atoms with Crippen LogP contribution in [0.5, 0.6) is 0 Å². The molecule has 6 heteroatoms. The Bertz CT molecular complexity index is 983. The van der Waals surface area contributed by atoms with Crippen molar-refractivity contribution < 1.29 is 4.79 Å². The molecule has 0 spiro atoms. The number of carbonyl (C=O) groups excluding carboxylic acids is 1. The minimum absolute atomic E-state index is 0.351. The smallest absolute Gasteiger partial charge is 0.222 e. The molecule has 0 saturated carbocycles. The monoisotopic (exact) mass is 501 g/mol. The zero-order valence-electron chi connectivity index (χ0n) is 22.3. The maximum absolute atomic E-state index is 13.2. The van der Waals surface area contributed by atoms with Crippen molar-refractivity contribution in [1.29, 1.82) is 0 Å². The molecule has 198 valence electrons. The zero-order chi connectivity index (χ0) is 25.3. The maximum atomic E-state index is 13.2. The van der Waals surface area contributed by atoms with Gasteiger partial charge in [0.05, 0.1) is 0 Å². The molecule has 4 heterocycles. The fraction of sp³-hybridized carbons (Fsp3) is 0.548. The van der Waals surface area contributed by atoms with Crippen LogP contribution in [0.4, 0.5) is 0 Å². The molecule has 2 aromatic rings. The van der Waals surface area contributed by atoms with Crippen LogP contribution in [0.3, 0.4) is 0 Å². The number of piperidine rings is 1. The number of pyridine rings is 1. The maximum Gasteiger partial charge on any atom is 0.222 e. The second-order valence-corrected chi connectivity index (χ2v) is 11.0. The highest BCUT2D eigenvalue weighted by atomic mass is 16.2. The summed E-state index contributed by atoms with van der Waals surface area (Å²) in [5.74, 6) is 0.918. The number of nitrogens with zero attached hydrogens (tertiary/aromatic N) is 5. The molecule has 5 rings (SSSR count). The number of carbonyl (C=O) groups is 1. The van der Waals surface area contributed by atoms with Crippen LogP contribution < -0.4 is 0 Å². The highest BCUT2D eigenvalue weighted by molar-refractivity contribution is 5.76.